The molecular formula is C14H13ClN2O2. The van der Waals surface area contributed by atoms with Gasteiger partial charge in [0.1, 0.15) is 5.15 Å². The number of nitrogens with zero attached hydrogens (tertiary/aromatic N) is 1. The van der Waals surface area contributed by atoms with Crippen molar-refractivity contribution in [1.29, 1.82) is 0 Å². The topological polar surface area (TPSA) is 62.2 Å². The Morgan fingerprint density at radius 1 is 1.32 bits per heavy atom. The van der Waals surface area contributed by atoms with Gasteiger partial charge in [-0.05, 0) is 17.7 Å². The normalized spacial score (nSPS) is 11.9. The van der Waals surface area contributed by atoms with Gasteiger partial charge in [-0.15, -0.1) is 0 Å². The minimum atomic E-state index is -0.444. The molecule has 4 nitrogen and oxygen atoms in total. The Labute approximate surface area is 116 Å². The highest BCUT2D eigenvalue weighted by Gasteiger charge is 2.14. The molecule has 98 valence electrons. The van der Waals surface area contributed by atoms with E-state index < -0.39 is 6.04 Å². The van der Waals surface area contributed by atoms with Gasteiger partial charge >= 0.3 is 0 Å². The number of benzene rings is 1. The van der Waals surface area contributed by atoms with Crippen molar-refractivity contribution in [3.63, 3.8) is 0 Å². The lowest BCUT2D eigenvalue weighted by Gasteiger charge is -2.16. The van der Waals surface area contributed by atoms with Gasteiger partial charge in [-0.1, -0.05) is 41.9 Å². The van der Waals surface area contributed by atoms with Crippen molar-refractivity contribution in [3.05, 3.63) is 64.9 Å². The number of pyridine rings is 1. The van der Waals surface area contributed by atoms with Crippen LogP contribution in [0.5, 0.6) is 0 Å². The molecule has 19 heavy (non-hydrogen) atoms. The number of aliphatic hydroxyl groups excluding tert-OH is 1. The fraction of sp³-hybridized carbons (Fsp3) is 0.143. The van der Waals surface area contributed by atoms with Crippen molar-refractivity contribution >= 4 is 17.5 Å². The van der Waals surface area contributed by atoms with Crippen LogP contribution < -0.4 is 5.32 Å². The molecule has 1 atom stereocenters. The Balaban J connectivity index is 2.13. The zero-order chi connectivity index (χ0) is 13.7. The molecule has 5 heteroatoms. The smallest absolute Gasteiger partial charge is 0.252 e. The summed E-state index contributed by atoms with van der Waals surface area (Å²) in [5, 5.41) is 12.4. The molecule has 0 aliphatic carbocycles. The van der Waals surface area contributed by atoms with Crippen LogP contribution in [0.2, 0.25) is 5.15 Å². The maximum atomic E-state index is 12.0. The van der Waals surface area contributed by atoms with Gasteiger partial charge in [-0.3, -0.25) is 4.79 Å². The Morgan fingerprint density at radius 3 is 2.68 bits per heavy atom. The van der Waals surface area contributed by atoms with E-state index in [0.29, 0.717) is 5.56 Å². The number of rotatable bonds is 4. The molecule has 0 unspecified atom stereocenters. The summed E-state index contributed by atoms with van der Waals surface area (Å²) in [5.41, 5.74) is 1.26. The zero-order valence-corrected chi connectivity index (χ0v) is 10.8. The summed E-state index contributed by atoms with van der Waals surface area (Å²) in [6.07, 6.45) is 1.47. The van der Waals surface area contributed by atoms with Crippen molar-refractivity contribution in [3.8, 4) is 0 Å². The molecule has 0 saturated carbocycles. The molecule has 2 N–H and O–H groups in total. The van der Waals surface area contributed by atoms with Crippen molar-refractivity contribution in [1.82, 2.24) is 10.3 Å². The van der Waals surface area contributed by atoms with Crippen molar-refractivity contribution in [2.75, 3.05) is 6.61 Å². The van der Waals surface area contributed by atoms with Crippen molar-refractivity contribution in [2.45, 2.75) is 6.04 Å². The Hall–Kier alpha value is -1.91. The number of halogens is 1. The van der Waals surface area contributed by atoms with E-state index in [4.69, 9.17) is 11.6 Å². The number of hydrogen-bond donors (Lipinski definition) is 2. The van der Waals surface area contributed by atoms with Gasteiger partial charge < -0.3 is 10.4 Å². The molecule has 0 radical (unpaired) electrons. The van der Waals surface area contributed by atoms with Gasteiger partial charge in [0.15, 0.2) is 0 Å². The van der Waals surface area contributed by atoms with E-state index in [-0.39, 0.29) is 17.7 Å². The molecule has 0 spiro atoms. The Kier molecular flexibility index (Phi) is 4.49. The fourth-order valence-electron chi connectivity index (χ4n) is 1.71. The number of carbonyl (C=O) groups excluding carboxylic acids is 1. The maximum Gasteiger partial charge on any atom is 0.252 e. The predicted octanol–water partition coefficient (Wildman–Crippen LogP) is 2.20. The van der Waals surface area contributed by atoms with Crippen LogP contribution in [0.1, 0.15) is 22.0 Å². The number of aromatic nitrogens is 1. The first kappa shape index (κ1) is 13.5. The maximum absolute atomic E-state index is 12.0. The minimum Gasteiger partial charge on any atom is -0.394 e. The van der Waals surface area contributed by atoms with Gasteiger partial charge in [0.25, 0.3) is 5.91 Å². The molecule has 1 aromatic carbocycles. The summed E-state index contributed by atoms with van der Waals surface area (Å²) in [5.74, 6) is -0.299. The van der Waals surface area contributed by atoms with Crippen LogP contribution in [-0.2, 0) is 0 Å². The number of amides is 1. The molecule has 1 amide bonds. The van der Waals surface area contributed by atoms with Gasteiger partial charge in [0.2, 0.25) is 0 Å². The van der Waals surface area contributed by atoms with Crippen molar-refractivity contribution < 1.29 is 9.90 Å². The Bertz CT molecular complexity index is 560. The number of aliphatic hydroxyl groups is 1. The van der Waals surface area contributed by atoms with Crippen LogP contribution in [0.3, 0.4) is 0 Å². The van der Waals surface area contributed by atoms with Crippen LogP contribution in [-0.4, -0.2) is 22.6 Å². The standard InChI is InChI=1S/C14H13ClN2O2/c15-13-8-11(6-7-16-13)14(19)17-12(9-18)10-4-2-1-3-5-10/h1-8,12,18H,9H2,(H,17,19)/t12-/m0/s1. The summed E-state index contributed by atoms with van der Waals surface area (Å²) in [6, 6.07) is 11.9. The summed E-state index contributed by atoms with van der Waals surface area (Å²) in [7, 11) is 0. The molecule has 0 aliphatic rings. The highest BCUT2D eigenvalue weighted by molar-refractivity contribution is 6.29. The molecule has 0 fully saturated rings. The second-order valence-electron chi connectivity index (χ2n) is 3.99. The summed E-state index contributed by atoms with van der Waals surface area (Å²) >= 11 is 5.74. The summed E-state index contributed by atoms with van der Waals surface area (Å²) in [6.45, 7) is -0.172. The lowest BCUT2D eigenvalue weighted by Crippen LogP contribution is -2.30. The third kappa shape index (κ3) is 3.53. The van der Waals surface area contributed by atoms with Crippen LogP contribution >= 0.6 is 11.6 Å². The van der Waals surface area contributed by atoms with Gasteiger partial charge in [0, 0.05) is 11.8 Å². The zero-order valence-electron chi connectivity index (χ0n) is 10.1. The molecule has 0 aliphatic heterocycles. The molecule has 2 rings (SSSR count). The lowest BCUT2D eigenvalue weighted by atomic mass is 10.1. The molecule has 0 bridgehead atoms. The highest BCUT2D eigenvalue weighted by atomic mass is 35.5. The highest BCUT2D eigenvalue weighted by Crippen LogP contribution is 2.13. The molecule has 2 aromatic rings. The van der Waals surface area contributed by atoms with E-state index >= 15 is 0 Å². The van der Waals surface area contributed by atoms with Gasteiger partial charge in [0.05, 0.1) is 12.6 Å². The van der Waals surface area contributed by atoms with Crippen LogP contribution in [0.15, 0.2) is 48.7 Å². The average Bonchev–Trinajstić information content (AvgIpc) is 2.45. The average molecular weight is 277 g/mol. The van der Waals surface area contributed by atoms with E-state index in [9.17, 15) is 9.90 Å². The predicted molar refractivity (Wildman–Crippen MR) is 73.0 cm³/mol. The first-order valence-electron chi connectivity index (χ1n) is 5.79. The number of hydrogen-bond acceptors (Lipinski definition) is 3. The molecule has 1 heterocycles. The van der Waals surface area contributed by atoms with Crippen LogP contribution in [0, 0.1) is 0 Å². The minimum absolute atomic E-state index is 0.172. The lowest BCUT2D eigenvalue weighted by molar-refractivity contribution is 0.0916. The SMILES string of the molecule is O=C(N[C@@H](CO)c1ccccc1)c1ccnc(Cl)c1. The van der Waals surface area contributed by atoms with Gasteiger partial charge in [-0.25, -0.2) is 4.98 Å². The molecule has 1 aromatic heterocycles. The number of carbonyl (C=O) groups is 1. The van der Waals surface area contributed by atoms with E-state index in [2.05, 4.69) is 10.3 Å². The van der Waals surface area contributed by atoms with E-state index in [1.54, 1.807) is 6.07 Å². The second-order valence-corrected chi connectivity index (χ2v) is 4.37. The van der Waals surface area contributed by atoms with Crippen LogP contribution in [0.4, 0.5) is 0 Å². The monoisotopic (exact) mass is 276 g/mol. The number of nitrogens with one attached hydrogen (secondary N) is 1. The Morgan fingerprint density at radius 2 is 2.05 bits per heavy atom. The third-order valence-electron chi connectivity index (χ3n) is 2.68. The quantitative estimate of drug-likeness (QED) is 0.842. The summed E-state index contributed by atoms with van der Waals surface area (Å²) < 4.78 is 0. The first-order valence-corrected chi connectivity index (χ1v) is 6.16. The van der Waals surface area contributed by atoms with E-state index in [0.717, 1.165) is 5.56 Å². The first-order chi connectivity index (χ1) is 9.20. The molecular weight excluding hydrogens is 264 g/mol. The summed E-state index contributed by atoms with van der Waals surface area (Å²) in [4.78, 5) is 15.8. The van der Waals surface area contributed by atoms with E-state index in [1.165, 1.54) is 12.3 Å². The van der Waals surface area contributed by atoms with E-state index in [1.807, 2.05) is 30.3 Å². The van der Waals surface area contributed by atoms with Crippen LogP contribution in [0.25, 0.3) is 0 Å². The second kappa shape index (κ2) is 6.31. The fourth-order valence-corrected chi connectivity index (χ4v) is 1.88. The van der Waals surface area contributed by atoms with Crippen molar-refractivity contribution in [2.24, 2.45) is 0 Å². The molecule has 0 saturated heterocycles. The largest absolute Gasteiger partial charge is 0.394 e. The third-order valence-corrected chi connectivity index (χ3v) is 2.89. The van der Waals surface area contributed by atoms with Gasteiger partial charge in [-0.2, -0.15) is 0 Å².